The largest absolute Gasteiger partial charge is 0.497 e. The van der Waals surface area contributed by atoms with E-state index < -0.39 is 0 Å². The van der Waals surface area contributed by atoms with Crippen molar-refractivity contribution in [3.05, 3.63) is 36.4 Å². The number of aryl methyl sites for hydroxylation is 1. The molecule has 4 heterocycles. The molecule has 7 heteroatoms. The van der Waals surface area contributed by atoms with E-state index >= 15 is 0 Å². The van der Waals surface area contributed by atoms with Crippen LogP contribution in [-0.4, -0.2) is 37.2 Å². The second kappa shape index (κ2) is 6.44. The lowest BCUT2D eigenvalue weighted by molar-refractivity contribution is 0.135. The number of aromatic nitrogens is 5. The van der Waals surface area contributed by atoms with Crippen molar-refractivity contribution < 1.29 is 4.74 Å². The normalized spacial score (nSPS) is 20.1. The van der Waals surface area contributed by atoms with Gasteiger partial charge in [-0.3, -0.25) is 4.68 Å². The van der Waals surface area contributed by atoms with E-state index in [2.05, 4.69) is 31.3 Å². The number of hydrogen-bond acceptors (Lipinski definition) is 5. The molecule has 0 fully saturated rings. The summed E-state index contributed by atoms with van der Waals surface area (Å²) in [7, 11) is 0. The van der Waals surface area contributed by atoms with Gasteiger partial charge in [0, 0.05) is 19.2 Å². The molecule has 0 bridgehead atoms. The lowest BCUT2D eigenvalue weighted by Gasteiger charge is -2.19. The zero-order valence-corrected chi connectivity index (χ0v) is 13.2. The Morgan fingerprint density at radius 1 is 1.30 bits per heavy atom. The number of rotatable bonds is 5. The van der Waals surface area contributed by atoms with Crippen LogP contribution < -0.4 is 5.32 Å². The van der Waals surface area contributed by atoms with Gasteiger partial charge in [-0.1, -0.05) is 0 Å². The maximum atomic E-state index is 5.56. The number of nitrogens with one attached hydrogen (secondary N) is 1. The fraction of sp³-hybridized carbons (Fsp3) is 0.562. The van der Waals surface area contributed by atoms with E-state index in [9.17, 15) is 0 Å². The number of anilines is 1. The summed E-state index contributed by atoms with van der Waals surface area (Å²) < 4.78 is 9.71. The molecule has 0 spiro atoms. The first-order valence-electron chi connectivity index (χ1n) is 8.36. The van der Waals surface area contributed by atoms with Crippen molar-refractivity contribution in [3.63, 3.8) is 0 Å². The third kappa shape index (κ3) is 3.23. The highest BCUT2D eigenvalue weighted by Crippen LogP contribution is 2.16. The third-order valence-electron chi connectivity index (χ3n) is 4.43. The summed E-state index contributed by atoms with van der Waals surface area (Å²) in [5, 5.41) is 16.4. The summed E-state index contributed by atoms with van der Waals surface area (Å²) in [6.45, 7) is 2.49. The van der Waals surface area contributed by atoms with Gasteiger partial charge in [0.15, 0.2) is 5.82 Å². The molecule has 23 heavy (non-hydrogen) atoms. The van der Waals surface area contributed by atoms with Crippen LogP contribution in [0.3, 0.4) is 0 Å². The molecule has 2 aromatic heterocycles. The van der Waals surface area contributed by atoms with Crippen LogP contribution in [0.15, 0.2) is 24.7 Å². The Hall–Kier alpha value is -2.31. The van der Waals surface area contributed by atoms with E-state index in [1.54, 1.807) is 6.26 Å². The third-order valence-corrected chi connectivity index (χ3v) is 4.43. The van der Waals surface area contributed by atoms with E-state index in [0.29, 0.717) is 6.54 Å². The number of fused-ring (bicyclic) bond motifs is 1. The molecular weight excluding hydrogens is 292 g/mol. The number of ether oxygens (including phenoxy) is 1. The molecule has 7 nitrogen and oxygen atoms in total. The van der Waals surface area contributed by atoms with Gasteiger partial charge in [-0.15, -0.1) is 10.2 Å². The van der Waals surface area contributed by atoms with E-state index in [-0.39, 0.29) is 6.10 Å². The first-order chi connectivity index (χ1) is 11.4. The van der Waals surface area contributed by atoms with E-state index in [0.717, 1.165) is 49.7 Å². The molecule has 0 saturated carbocycles. The standard InChI is InChI=1S/C16H22N6O/c1-3-7-22-15(6-1)19-20-16(22)12-21-11-13(9-18-21)17-10-14-5-2-4-8-23-14/h4,8-9,11,14,17H,1-3,5-7,10,12H2/t14-/m0/s1. The van der Waals surface area contributed by atoms with Gasteiger partial charge >= 0.3 is 0 Å². The Morgan fingerprint density at radius 2 is 2.30 bits per heavy atom. The van der Waals surface area contributed by atoms with Gasteiger partial charge in [-0.05, 0) is 31.8 Å². The summed E-state index contributed by atoms with van der Waals surface area (Å²) in [6.07, 6.45) is 13.6. The minimum absolute atomic E-state index is 0.242. The average Bonchev–Trinajstić information content (AvgIpc) is 3.22. The smallest absolute Gasteiger partial charge is 0.154 e. The highest BCUT2D eigenvalue weighted by atomic mass is 16.5. The Morgan fingerprint density at radius 3 is 3.22 bits per heavy atom. The van der Waals surface area contributed by atoms with Gasteiger partial charge in [-0.2, -0.15) is 5.10 Å². The topological polar surface area (TPSA) is 69.8 Å². The minimum atomic E-state index is 0.242. The van der Waals surface area contributed by atoms with Gasteiger partial charge in [0.2, 0.25) is 0 Å². The Labute approximate surface area is 135 Å². The first kappa shape index (κ1) is 14.3. The quantitative estimate of drug-likeness (QED) is 0.913. The fourth-order valence-corrected chi connectivity index (χ4v) is 3.14. The van der Waals surface area contributed by atoms with Crippen molar-refractivity contribution >= 4 is 5.69 Å². The number of allylic oxidation sites excluding steroid dienone is 1. The van der Waals surface area contributed by atoms with Gasteiger partial charge in [-0.25, -0.2) is 0 Å². The molecule has 1 N–H and O–H groups in total. The first-order valence-corrected chi connectivity index (χ1v) is 8.36. The molecule has 0 amide bonds. The maximum Gasteiger partial charge on any atom is 0.154 e. The summed E-state index contributed by atoms with van der Waals surface area (Å²) in [5.41, 5.74) is 1.02. The van der Waals surface area contributed by atoms with Crippen LogP contribution in [0.2, 0.25) is 0 Å². The number of hydrogen-bond donors (Lipinski definition) is 1. The van der Waals surface area contributed by atoms with Crippen molar-refractivity contribution in [3.8, 4) is 0 Å². The Balaban J connectivity index is 1.36. The minimum Gasteiger partial charge on any atom is -0.497 e. The molecule has 122 valence electrons. The van der Waals surface area contributed by atoms with Crippen LogP contribution in [0, 0.1) is 0 Å². The van der Waals surface area contributed by atoms with E-state index in [1.165, 1.54) is 12.8 Å². The molecule has 2 aliphatic rings. The molecule has 4 rings (SSSR count). The van der Waals surface area contributed by atoms with Gasteiger partial charge < -0.3 is 14.6 Å². The SMILES string of the molecule is C1=CO[C@H](CNc2cnn(Cc3nnc4n3CCCC4)c2)CC1. The monoisotopic (exact) mass is 314 g/mol. The molecule has 0 aromatic carbocycles. The van der Waals surface area contributed by atoms with Crippen LogP contribution in [0.5, 0.6) is 0 Å². The average molecular weight is 314 g/mol. The molecule has 0 unspecified atom stereocenters. The molecule has 2 aromatic rings. The van der Waals surface area contributed by atoms with Crippen molar-refractivity contribution in [2.45, 2.75) is 51.3 Å². The van der Waals surface area contributed by atoms with Crippen LogP contribution >= 0.6 is 0 Å². The zero-order chi connectivity index (χ0) is 15.5. The van der Waals surface area contributed by atoms with E-state index in [1.807, 2.05) is 17.1 Å². The predicted octanol–water partition coefficient (Wildman–Crippen LogP) is 1.96. The molecule has 0 aliphatic carbocycles. The summed E-state index contributed by atoms with van der Waals surface area (Å²) >= 11 is 0. The second-order valence-electron chi connectivity index (χ2n) is 6.16. The van der Waals surface area contributed by atoms with Crippen LogP contribution in [0.1, 0.15) is 37.3 Å². The highest BCUT2D eigenvalue weighted by Gasteiger charge is 2.16. The van der Waals surface area contributed by atoms with Gasteiger partial charge in [0.1, 0.15) is 18.5 Å². The Bertz CT molecular complexity index is 689. The lowest BCUT2D eigenvalue weighted by atomic mass is 10.1. The maximum absolute atomic E-state index is 5.56. The molecule has 2 aliphatic heterocycles. The van der Waals surface area contributed by atoms with Gasteiger partial charge in [0.25, 0.3) is 0 Å². The summed E-state index contributed by atoms with van der Waals surface area (Å²) in [6, 6.07) is 0. The Kier molecular flexibility index (Phi) is 4.00. The molecule has 0 radical (unpaired) electrons. The molecule has 0 saturated heterocycles. The fourth-order valence-electron chi connectivity index (χ4n) is 3.14. The van der Waals surface area contributed by atoms with Crippen molar-refractivity contribution in [2.75, 3.05) is 11.9 Å². The summed E-state index contributed by atoms with van der Waals surface area (Å²) in [4.78, 5) is 0. The van der Waals surface area contributed by atoms with Crippen molar-refractivity contribution in [1.82, 2.24) is 24.5 Å². The second-order valence-corrected chi connectivity index (χ2v) is 6.16. The van der Waals surface area contributed by atoms with Crippen molar-refractivity contribution in [2.24, 2.45) is 0 Å². The van der Waals surface area contributed by atoms with Gasteiger partial charge in [0.05, 0.1) is 24.7 Å². The van der Waals surface area contributed by atoms with Crippen LogP contribution in [0.25, 0.3) is 0 Å². The molecular formula is C16H22N6O. The predicted molar refractivity (Wildman–Crippen MR) is 86.0 cm³/mol. The zero-order valence-electron chi connectivity index (χ0n) is 13.2. The van der Waals surface area contributed by atoms with Crippen molar-refractivity contribution in [1.29, 1.82) is 0 Å². The van der Waals surface area contributed by atoms with Crippen LogP contribution in [0.4, 0.5) is 5.69 Å². The summed E-state index contributed by atoms with van der Waals surface area (Å²) in [5.74, 6) is 2.11. The highest BCUT2D eigenvalue weighted by molar-refractivity contribution is 5.38. The number of nitrogens with zero attached hydrogens (tertiary/aromatic N) is 5. The van der Waals surface area contributed by atoms with Crippen LogP contribution in [-0.2, 0) is 24.2 Å². The van der Waals surface area contributed by atoms with E-state index in [4.69, 9.17) is 4.74 Å². The lowest BCUT2D eigenvalue weighted by Crippen LogP contribution is -2.22. The molecule has 1 atom stereocenters.